The molecule has 2 aromatic carbocycles. The Morgan fingerprint density at radius 3 is 2.85 bits per heavy atom. The predicted octanol–water partition coefficient (Wildman–Crippen LogP) is 4.48. The molecule has 0 bridgehead atoms. The van der Waals surface area contributed by atoms with Crippen molar-refractivity contribution in [2.75, 3.05) is 0 Å². The third-order valence-corrected chi connectivity index (χ3v) is 3.42. The second-order valence-corrected chi connectivity index (χ2v) is 5.10. The van der Waals surface area contributed by atoms with E-state index in [-0.39, 0.29) is 6.61 Å². The second-order valence-electron chi connectivity index (χ2n) is 4.18. The topological polar surface area (TPSA) is 38.7 Å². The van der Waals surface area contributed by atoms with Crippen molar-refractivity contribution in [3.63, 3.8) is 0 Å². The van der Waals surface area contributed by atoms with Gasteiger partial charge in [-0.15, -0.1) is 12.6 Å². The van der Waals surface area contributed by atoms with E-state index in [1.807, 2.05) is 25.1 Å². The summed E-state index contributed by atoms with van der Waals surface area (Å²) in [6, 6.07) is 10.8. The van der Waals surface area contributed by atoms with Gasteiger partial charge in [0, 0.05) is 15.5 Å². The maximum absolute atomic E-state index is 10.4. The van der Waals surface area contributed by atoms with E-state index in [0.29, 0.717) is 16.3 Å². The van der Waals surface area contributed by atoms with Gasteiger partial charge in [-0.25, -0.2) is 4.79 Å². The van der Waals surface area contributed by atoms with Crippen molar-refractivity contribution in [2.24, 2.45) is 4.99 Å². The highest BCUT2D eigenvalue weighted by molar-refractivity contribution is 7.80. The molecule has 0 radical (unpaired) electrons. The van der Waals surface area contributed by atoms with Crippen LogP contribution in [0, 0.1) is 6.92 Å². The zero-order valence-corrected chi connectivity index (χ0v) is 12.4. The van der Waals surface area contributed by atoms with Crippen molar-refractivity contribution in [1.29, 1.82) is 0 Å². The van der Waals surface area contributed by atoms with E-state index in [1.165, 1.54) is 6.08 Å². The van der Waals surface area contributed by atoms with E-state index in [2.05, 4.69) is 17.6 Å². The van der Waals surface area contributed by atoms with E-state index in [4.69, 9.17) is 16.3 Å². The van der Waals surface area contributed by atoms with E-state index in [0.717, 1.165) is 16.2 Å². The molecule has 2 aromatic rings. The molecule has 102 valence electrons. The number of aliphatic imine (C=N–C) groups is 1. The van der Waals surface area contributed by atoms with Gasteiger partial charge in [-0.2, -0.15) is 4.99 Å². The standard InChI is InChI=1S/C15H12ClNO2S/c1-10-7-11(20)5-6-15(10)19-8-12-13(16)3-2-4-14(12)17-9-18/h2-7,20H,8H2,1H3. The fourth-order valence-electron chi connectivity index (χ4n) is 1.79. The van der Waals surface area contributed by atoms with Crippen LogP contribution >= 0.6 is 24.2 Å². The molecule has 0 aliphatic carbocycles. The summed E-state index contributed by atoms with van der Waals surface area (Å²) in [5, 5.41) is 0.505. The lowest BCUT2D eigenvalue weighted by atomic mass is 10.2. The van der Waals surface area contributed by atoms with Gasteiger partial charge in [-0.1, -0.05) is 17.7 Å². The number of benzene rings is 2. The van der Waals surface area contributed by atoms with Crippen LogP contribution in [0.5, 0.6) is 5.75 Å². The summed E-state index contributed by atoms with van der Waals surface area (Å²) in [6.07, 6.45) is 1.52. The van der Waals surface area contributed by atoms with Crippen molar-refractivity contribution < 1.29 is 9.53 Å². The molecule has 0 N–H and O–H groups in total. The number of ether oxygens (including phenoxy) is 1. The zero-order valence-electron chi connectivity index (χ0n) is 10.8. The van der Waals surface area contributed by atoms with Gasteiger partial charge in [0.2, 0.25) is 6.08 Å². The van der Waals surface area contributed by atoms with Crippen LogP contribution in [0.3, 0.4) is 0 Å². The van der Waals surface area contributed by atoms with Crippen molar-refractivity contribution in [1.82, 2.24) is 0 Å². The van der Waals surface area contributed by atoms with Crippen LogP contribution in [-0.2, 0) is 11.4 Å². The SMILES string of the molecule is Cc1cc(S)ccc1OCc1c(Cl)cccc1N=C=O. The molecule has 3 nitrogen and oxygen atoms in total. The Hall–Kier alpha value is -1.74. The minimum atomic E-state index is 0.229. The Morgan fingerprint density at radius 1 is 1.35 bits per heavy atom. The second kappa shape index (κ2) is 6.62. The third-order valence-electron chi connectivity index (χ3n) is 2.79. The van der Waals surface area contributed by atoms with Gasteiger partial charge in [0.1, 0.15) is 12.4 Å². The van der Waals surface area contributed by atoms with Crippen molar-refractivity contribution in [2.45, 2.75) is 18.4 Å². The molecule has 0 saturated carbocycles. The quantitative estimate of drug-likeness (QED) is 0.514. The molecule has 0 aliphatic rings. The van der Waals surface area contributed by atoms with Gasteiger partial charge in [0.25, 0.3) is 0 Å². The minimum Gasteiger partial charge on any atom is -0.488 e. The monoisotopic (exact) mass is 305 g/mol. The summed E-state index contributed by atoms with van der Waals surface area (Å²) in [7, 11) is 0. The highest BCUT2D eigenvalue weighted by atomic mass is 35.5. The normalized spacial score (nSPS) is 9.95. The first-order chi connectivity index (χ1) is 9.61. The molecule has 0 aliphatic heterocycles. The Labute approximate surface area is 127 Å². The lowest BCUT2D eigenvalue weighted by Crippen LogP contribution is -1.98. The van der Waals surface area contributed by atoms with Gasteiger partial charge in [0.15, 0.2) is 0 Å². The number of aryl methyl sites for hydroxylation is 1. The van der Waals surface area contributed by atoms with Crippen molar-refractivity contribution in [3.05, 3.63) is 52.5 Å². The van der Waals surface area contributed by atoms with Gasteiger partial charge < -0.3 is 4.74 Å². The zero-order chi connectivity index (χ0) is 14.5. The summed E-state index contributed by atoms with van der Waals surface area (Å²) in [6.45, 7) is 2.17. The van der Waals surface area contributed by atoms with Crippen LogP contribution in [0.4, 0.5) is 5.69 Å². The Kier molecular flexibility index (Phi) is 4.85. The molecule has 5 heteroatoms. The molecule has 20 heavy (non-hydrogen) atoms. The molecule has 2 rings (SSSR count). The van der Waals surface area contributed by atoms with Crippen molar-refractivity contribution in [3.8, 4) is 5.75 Å². The third kappa shape index (κ3) is 3.42. The highest BCUT2D eigenvalue weighted by Crippen LogP contribution is 2.29. The van der Waals surface area contributed by atoms with E-state index in [9.17, 15) is 4.79 Å². The van der Waals surface area contributed by atoms with E-state index >= 15 is 0 Å². The molecule has 0 spiro atoms. The Bertz CT molecular complexity index is 682. The summed E-state index contributed by atoms with van der Waals surface area (Å²) < 4.78 is 5.74. The molecule has 0 amide bonds. The molecule has 0 unspecified atom stereocenters. The van der Waals surface area contributed by atoms with Crippen LogP contribution in [-0.4, -0.2) is 6.08 Å². The Balaban J connectivity index is 2.24. The lowest BCUT2D eigenvalue weighted by Gasteiger charge is -2.12. The molecule has 0 aromatic heterocycles. The first-order valence-corrected chi connectivity index (χ1v) is 6.72. The van der Waals surface area contributed by atoms with Crippen LogP contribution in [0.2, 0.25) is 5.02 Å². The van der Waals surface area contributed by atoms with Gasteiger partial charge in [-0.3, -0.25) is 0 Å². The number of isocyanates is 1. The number of hydrogen-bond donors (Lipinski definition) is 1. The van der Waals surface area contributed by atoms with Crippen LogP contribution in [0.15, 0.2) is 46.3 Å². The number of halogens is 1. The molecule has 0 fully saturated rings. The fourth-order valence-corrected chi connectivity index (χ4v) is 2.28. The molecular formula is C15H12ClNO2S. The number of nitrogens with zero attached hydrogens (tertiary/aromatic N) is 1. The fraction of sp³-hybridized carbons (Fsp3) is 0.133. The van der Waals surface area contributed by atoms with E-state index in [1.54, 1.807) is 18.2 Å². The number of carbonyl (C=O) groups excluding carboxylic acids is 1. The maximum atomic E-state index is 10.4. The van der Waals surface area contributed by atoms with Crippen LogP contribution in [0.25, 0.3) is 0 Å². The smallest absolute Gasteiger partial charge is 0.240 e. The number of rotatable bonds is 4. The van der Waals surface area contributed by atoms with Gasteiger partial charge in [0.05, 0.1) is 5.69 Å². The summed E-state index contributed by atoms with van der Waals surface area (Å²) in [5.74, 6) is 0.740. The average molecular weight is 306 g/mol. The summed E-state index contributed by atoms with van der Waals surface area (Å²) in [5.41, 5.74) is 2.10. The minimum absolute atomic E-state index is 0.229. The predicted molar refractivity (Wildman–Crippen MR) is 82.0 cm³/mol. The van der Waals surface area contributed by atoms with Gasteiger partial charge in [-0.05, 0) is 42.8 Å². The Morgan fingerprint density at radius 2 is 2.15 bits per heavy atom. The largest absolute Gasteiger partial charge is 0.488 e. The van der Waals surface area contributed by atoms with Crippen molar-refractivity contribution >= 4 is 36.0 Å². The number of hydrogen-bond acceptors (Lipinski definition) is 4. The van der Waals surface area contributed by atoms with Gasteiger partial charge >= 0.3 is 0 Å². The first-order valence-electron chi connectivity index (χ1n) is 5.89. The first kappa shape index (κ1) is 14.7. The number of thiol groups is 1. The lowest BCUT2D eigenvalue weighted by molar-refractivity contribution is 0.304. The van der Waals surface area contributed by atoms with E-state index < -0.39 is 0 Å². The average Bonchev–Trinajstić information content (AvgIpc) is 2.40. The highest BCUT2D eigenvalue weighted by Gasteiger charge is 2.08. The van der Waals surface area contributed by atoms with Crippen LogP contribution in [0.1, 0.15) is 11.1 Å². The van der Waals surface area contributed by atoms with Crippen LogP contribution < -0.4 is 4.74 Å². The summed E-state index contributed by atoms with van der Waals surface area (Å²) >= 11 is 10.4. The maximum Gasteiger partial charge on any atom is 0.240 e. The molecule has 0 atom stereocenters. The summed E-state index contributed by atoms with van der Waals surface area (Å²) in [4.78, 5) is 14.9. The molecular weight excluding hydrogens is 294 g/mol. The molecule has 0 saturated heterocycles. The molecule has 0 heterocycles.